The van der Waals surface area contributed by atoms with E-state index in [9.17, 15) is 4.79 Å². The fourth-order valence-corrected chi connectivity index (χ4v) is 3.20. The van der Waals surface area contributed by atoms with Crippen molar-refractivity contribution < 1.29 is 9.32 Å². The standard InChI is InChI=1S/C19H20N4O2/c1-12-3-5-14(6-4-12)16-9-17(25-22-16)19(24)21-15-7-8-18-20-13(2)10-23(18)11-15/h3-6,9-10,15H,7-8,11H2,1-2H3,(H,21,24). The van der Waals surface area contributed by atoms with E-state index in [0.29, 0.717) is 5.69 Å². The Morgan fingerprint density at radius 2 is 2.08 bits per heavy atom. The van der Waals surface area contributed by atoms with E-state index >= 15 is 0 Å². The van der Waals surface area contributed by atoms with Crippen molar-refractivity contribution in [3.05, 3.63) is 59.4 Å². The molecule has 1 amide bonds. The number of aryl methyl sites for hydroxylation is 3. The number of amides is 1. The van der Waals surface area contributed by atoms with Gasteiger partial charge in [-0.25, -0.2) is 4.98 Å². The maximum absolute atomic E-state index is 12.5. The van der Waals surface area contributed by atoms with Gasteiger partial charge in [0.15, 0.2) is 0 Å². The molecular formula is C19H20N4O2. The lowest BCUT2D eigenvalue weighted by atomic mass is 10.1. The maximum atomic E-state index is 12.5. The number of carbonyl (C=O) groups excluding carboxylic acids is 1. The number of nitrogens with one attached hydrogen (secondary N) is 1. The molecule has 0 aliphatic carbocycles. The van der Waals surface area contributed by atoms with E-state index in [4.69, 9.17) is 4.52 Å². The second-order valence-corrected chi connectivity index (χ2v) is 6.60. The third-order valence-corrected chi connectivity index (χ3v) is 4.53. The van der Waals surface area contributed by atoms with Gasteiger partial charge in [0.25, 0.3) is 5.91 Å². The third-order valence-electron chi connectivity index (χ3n) is 4.53. The molecule has 3 aromatic rings. The molecule has 0 spiro atoms. The van der Waals surface area contributed by atoms with Crippen LogP contribution >= 0.6 is 0 Å². The van der Waals surface area contributed by atoms with Gasteiger partial charge in [0.1, 0.15) is 11.5 Å². The molecule has 128 valence electrons. The first-order valence-electron chi connectivity index (χ1n) is 8.46. The normalized spacial score (nSPS) is 16.5. The molecule has 25 heavy (non-hydrogen) atoms. The van der Waals surface area contributed by atoms with Crippen molar-refractivity contribution in [2.45, 2.75) is 39.3 Å². The number of carbonyl (C=O) groups is 1. The number of benzene rings is 1. The zero-order valence-corrected chi connectivity index (χ0v) is 14.3. The molecule has 4 rings (SSSR count). The molecule has 0 fully saturated rings. The number of hydrogen-bond acceptors (Lipinski definition) is 4. The Bertz CT molecular complexity index is 908. The van der Waals surface area contributed by atoms with Crippen LogP contribution < -0.4 is 5.32 Å². The summed E-state index contributed by atoms with van der Waals surface area (Å²) >= 11 is 0. The van der Waals surface area contributed by atoms with Crippen molar-refractivity contribution in [1.82, 2.24) is 20.0 Å². The van der Waals surface area contributed by atoms with Crippen LogP contribution in [-0.2, 0) is 13.0 Å². The molecule has 0 saturated heterocycles. The summed E-state index contributed by atoms with van der Waals surface area (Å²) in [5.41, 5.74) is 3.79. The summed E-state index contributed by atoms with van der Waals surface area (Å²) in [5.74, 6) is 1.10. The third kappa shape index (κ3) is 3.20. The summed E-state index contributed by atoms with van der Waals surface area (Å²) in [6.07, 6.45) is 3.77. The summed E-state index contributed by atoms with van der Waals surface area (Å²) in [6, 6.07) is 9.72. The molecule has 6 heteroatoms. The first-order valence-corrected chi connectivity index (χ1v) is 8.46. The van der Waals surface area contributed by atoms with Crippen LogP contribution in [0.5, 0.6) is 0 Å². The molecule has 2 aromatic heterocycles. The van der Waals surface area contributed by atoms with Gasteiger partial charge in [-0.2, -0.15) is 0 Å². The Kier molecular flexibility index (Phi) is 3.87. The van der Waals surface area contributed by atoms with Crippen molar-refractivity contribution in [3.8, 4) is 11.3 Å². The molecule has 0 radical (unpaired) electrons. The second kappa shape index (κ2) is 6.20. The fraction of sp³-hybridized carbons (Fsp3) is 0.316. The minimum Gasteiger partial charge on any atom is -0.350 e. The van der Waals surface area contributed by atoms with Crippen LogP contribution in [0, 0.1) is 13.8 Å². The molecule has 1 aliphatic heterocycles. The first kappa shape index (κ1) is 15.6. The second-order valence-electron chi connectivity index (χ2n) is 6.60. The van der Waals surface area contributed by atoms with E-state index in [1.54, 1.807) is 6.07 Å². The van der Waals surface area contributed by atoms with Crippen LogP contribution in [0.25, 0.3) is 11.3 Å². The quantitative estimate of drug-likeness (QED) is 0.798. The van der Waals surface area contributed by atoms with Crippen molar-refractivity contribution >= 4 is 5.91 Å². The number of rotatable bonds is 3. The summed E-state index contributed by atoms with van der Waals surface area (Å²) in [7, 11) is 0. The summed E-state index contributed by atoms with van der Waals surface area (Å²) in [5, 5.41) is 7.06. The fourth-order valence-electron chi connectivity index (χ4n) is 3.20. The molecule has 3 heterocycles. The Hall–Kier alpha value is -2.89. The number of fused-ring (bicyclic) bond motifs is 1. The van der Waals surface area contributed by atoms with Gasteiger partial charge in [-0.1, -0.05) is 35.0 Å². The van der Waals surface area contributed by atoms with E-state index in [1.807, 2.05) is 44.3 Å². The number of hydrogen-bond donors (Lipinski definition) is 1. The minimum absolute atomic E-state index is 0.0709. The predicted molar refractivity (Wildman–Crippen MR) is 93.2 cm³/mol. The van der Waals surface area contributed by atoms with Gasteiger partial charge in [-0.05, 0) is 20.3 Å². The zero-order valence-electron chi connectivity index (χ0n) is 14.3. The Morgan fingerprint density at radius 1 is 1.28 bits per heavy atom. The largest absolute Gasteiger partial charge is 0.350 e. The van der Waals surface area contributed by atoms with Gasteiger partial charge >= 0.3 is 0 Å². The topological polar surface area (TPSA) is 73.0 Å². The van der Waals surface area contributed by atoms with Gasteiger partial charge in [0, 0.05) is 36.8 Å². The molecule has 0 bridgehead atoms. The monoisotopic (exact) mass is 336 g/mol. The van der Waals surface area contributed by atoms with E-state index in [-0.39, 0.29) is 17.7 Å². The lowest BCUT2D eigenvalue weighted by molar-refractivity contribution is 0.0890. The maximum Gasteiger partial charge on any atom is 0.290 e. The predicted octanol–water partition coefficient (Wildman–Crippen LogP) is 2.90. The summed E-state index contributed by atoms with van der Waals surface area (Å²) < 4.78 is 7.36. The Labute approximate surface area is 145 Å². The van der Waals surface area contributed by atoms with Gasteiger partial charge in [0.2, 0.25) is 5.76 Å². The van der Waals surface area contributed by atoms with Crippen molar-refractivity contribution in [1.29, 1.82) is 0 Å². The molecular weight excluding hydrogens is 316 g/mol. The van der Waals surface area contributed by atoms with E-state index in [1.165, 1.54) is 5.56 Å². The minimum atomic E-state index is -0.226. The highest BCUT2D eigenvalue weighted by atomic mass is 16.5. The molecule has 1 N–H and O–H groups in total. The van der Waals surface area contributed by atoms with Crippen LogP contribution in [0.3, 0.4) is 0 Å². The van der Waals surface area contributed by atoms with Crippen LogP contribution in [-0.4, -0.2) is 26.7 Å². The van der Waals surface area contributed by atoms with E-state index in [2.05, 4.69) is 20.0 Å². The highest BCUT2D eigenvalue weighted by molar-refractivity contribution is 5.92. The zero-order chi connectivity index (χ0) is 17.4. The average molecular weight is 336 g/mol. The van der Waals surface area contributed by atoms with Gasteiger partial charge < -0.3 is 14.4 Å². The molecule has 1 aromatic carbocycles. The number of nitrogens with zero attached hydrogens (tertiary/aromatic N) is 3. The highest BCUT2D eigenvalue weighted by Gasteiger charge is 2.23. The van der Waals surface area contributed by atoms with Crippen LogP contribution in [0.4, 0.5) is 0 Å². The molecule has 1 atom stereocenters. The van der Waals surface area contributed by atoms with Crippen molar-refractivity contribution in [3.63, 3.8) is 0 Å². The van der Waals surface area contributed by atoms with Gasteiger partial charge in [0.05, 0.1) is 5.69 Å². The summed E-state index contributed by atoms with van der Waals surface area (Å²) in [4.78, 5) is 16.9. The number of imidazole rings is 1. The average Bonchev–Trinajstić information content (AvgIpc) is 3.21. The van der Waals surface area contributed by atoms with Crippen LogP contribution in [0.15, 0.2) is 41.1 Å². The molecule has 1 aliphatic rings. The SMILES string of the molecule is Cc1ccc(-c2cc(C(=O)NC3CCc4nc(C)cn4C3)on2)cc1. The van der Waals surface area contributed by atoms with Gasteiger partial charge in [-0.15, -0.1) is 0 Å². The van der Waals surface area contributed by atoms with E-state index < -0.39 is 0 Å². The Balaban J connectivity index is 1.44. The Morgan fingerprint density at radius 3 is 2.88 bits per heavy atom. The van der Waals surface area contributed by atoms with Crippen molar-refractivity contribution in [2.24, 2.45) is 0 Å². The van der Waals surface area contributed by atoms with Crippen LogP contribution in [0.2, 0.25) is 0 Å². The van der Waals surface area contributed by atoms with E-state index in [0.717, 1.165) is 36.5 Å². The summed E-state index contributed by atoms with van der Waals surface area (Å²) in [6.45, 7) is 4.75. The lowest BCUT2D eigenvalue weighted by Gasteiger charge is -2.24. The lowest BCUT2D eigenvalue weighted by Crippen LogP contribution is -2.40. The van der Waals surface area contributed by atoms with Crippen molar-refractivity contribution in [2.75, 3.05) is 0 Å². The highest BCUT2D eigenvalue weighted by Crippen LogP contribution is 2.20. The molecule has 6 nitrogen and oxygen atoms in total. The smallest absolute Gasteiger partial charge is 0.290 e. The molecule has 0 saturated carbocycles. The van der Waals surface area contributed by atoms with Crippen LogP contribution in [0.1, 0.15) is 34.1 Å². The molecule has 1 unspecified atom stereocenters. The number of aromatic nitrogens is 3. The first-order chi connectivity index (χ1) is 12.1. The van der Waals surface area contributed by atoms with Gasteiger partial charge in [-0.3, -0.25) is 4.79 Å².